The van der Waals surface area contributed by atoms with E-state index in [-0.39, 0.29) is 11.3 Å². The maximum atomic E-state index is 11.8. The van der Waals surface area contributed by atoms with Crippen LogP contribution in [0.2, 0.25) is 0 Å². The number of rotatable bonds is 2. The van der Waals surface area contributed by atoms with Gasteiger partial charge in [-0.1, -0.05) is 12.1 Å². The van der Waals surface area contributed by atoms with Crippen LogP contribution in [-0.2, 0) is 10.3 Å². The van der Waals surface area contributed by atoms with Gasteiger partial charge in [-0.05, 0) is 51.3 Å². The zero-order valence-electron chi connectivity index (χ0n) is 11.0. The molecule has 0 unspecified atom stereocenters. The van der Waals surface area contributed by atoms with E-state index in [1.807, 2.05) is 26.8 Å². The minimum Gasteiger partial charge on any atom is -0.508 e. The summed E-state index contributed by atoms with van der Waals surface area (Å²) in [4.78, 5) is 11.8. The summed E-state index contributed by atoms with van der Waals surface area (Å²) in [6.45, 7) is 5.50. The van der Waals surface area contributed by atoms with Crippen molar-refractivity contribution in [1.82, 2.24) is 5.32 Å². The molecule has 0 atom stereocenters. The molecule has 2 rings (SSSR count). The highest BCUT2D eigenvalue weighted by Gasteiger charge is 2.46. The summed E-state index contributed by atoms with van der Waals surface area (Å²) in [5, 5.41) is 12.4. The van der Waals surface area contributed by atoms with E-state index in [2.05, 4.69) is 5.32 Å². The highest BCUT2D eigenvalue weighted by atomic mass is 16.6. The quantitative estimate of drug-likeness (QED) is 0.847. The molecule has 4 nitrogen and oxygen atoms in total. The average Bonchev–Trinajstić information content (AvgIpc) is 2.95. The van der Waals surface area contributed by atoms with Gasteiger partial charge in [-0.25, -0.2) is 4.79 Å². The summed E-state index contributed by atoms with van der Waals surface area (Å²) >= 11 is 0. The minimum atomic E-state index is -0.501. The molecule has 0 spiro atoms. The number of hydrogen-bond acceptors (Lipinski definition) is 3. The maximum absolute atomic E-state index is 11.8. The molecule has 1 fully saturated rings. The van der Waals surface area contributed by atoms with Crippen LogP contribution in [-0.4, -0.2) is 16.8 Å². The van der Waals surface area contributed by atoms with Gasteiger partial charge < -0.3 is 15.2 Å². The molecule has 1 aliphatic carbocycles. The van der Waals surface area contributed by atoms with Crippen molar-refractivity contribution in [3.8, 4) is 5.75 Å². The lowest BCUT2D eigenvalue weighted by atomic mass is 10.0. The van der Waals surface area contributed by atoms with Gasteiger partial charge in [0.15, 0.2) is 0 Å². The second-order valence-corrected chi connectivity index (χ2v) is 5.76. The Labute approximate surface area is 107 Å². The van der Waals surface area contributed by atoms with Crippen molar-refractivity contribution in [2.24, 2.45) is 0 Å². The summed E-state index contributed by atoms with van der Waals surface area (Å²) < 4.78 is 5.25. The van der Waals surface area contributed by atoms with Gasteiger partial charge >= 0.3 is 6.09 Å². The largest absolute Gasteiger partial charge is 0.508 e. The zero-order valence-corrected chi connectivity index (χ0v) is 11.0. The lowest BCUT2D eigenvalue weighted by Gasteiger charge is -2.23. The van der Waals surface area contributed by atoms with E-state index in [9.17, 15) is 9.90 Å². The molecular weight excluding hydrogens is 230 g/mol. The number of hydrogen-bond donors (Lipinski definition) is 2. The van der Waals surface area contributed by atoms with E-state index in [0.717, 1.165) is 18.4 Å². The Hall–Kier alpha value is -1.71. The van der Waals surface area contributed by atoms with Gasteiger partial charge in [0.05, 0.1) is 5.54 Å². The summed E-state index contributed by atoms with van der Waals surface area (Å²) in [6.07, 6.45) is 1.33. The first-order chi connectivity index (χ1) is 8.31. The highest BCUT2D eigenvalue weighted by Crippen LogP contribution is 2.46. The van der Waals surface area contributed by atoms with Gasteiger partial charge in [0.2, 0.25) is 0 Å². The molecule has 2 N–H and O–H groups in total. The van der Waals surface area contributed by atoms with Crippen molar-refractivity contribution >= 4 is 6.09 Å². The first-order valence-electron chi connectivity index (χ1n) is 6.11. The molecule has 0 bridgehead atoms. The first kappa shape index (κ1) is 12.7. The normalized spacial score (nSPS) is 17.1. The second-order valence-electron chi connectivity index (χ2n) is 5.76. The summed E-state index contributed by atoms with van der Waals surface area (Å²) in [7, 11) is 0. The number of carbonyl (C=O) groups is 1. The smallest absolute Gasteiger partial charge is 0.408 e. The molecule has 1 aromatic rings. The van der Waals surface area contributed by atoms with E-state index < -0.39 is 11.7 Å². The van der Waals surface area contributed by atoms with Crippen molar-refractivity contribution < 1.29 is 14.6 Å². The van der Waals surface area contributed by atoms with E-state index >= 15 is 0 Å². The number of carbonyl (C=O) groups excluding carboxylic acids is 1. The number of phenolic OH excluding ortho intramolecular Hbond substituents is 1. The molecule has 18 heavy (non-hydrogen) atoms. The van der Waals surface area contributed by atoms with E-state index in [0.29, 0.717) is 0 Å². The third-order valence-corrected chi connectivity index (χ3v) is 2.89. The molecule has 0 aliphatic heterocycles. The minimum absolute atomic E-state index is 0.213. The van der Waals surface area contributed by atoms with Gasteiger partial charge in [0.25, 0.3) is 0 Å². The molecule has 0 heterocycles. The Kier molecular flexibility index (Phi) is 2.97. The van der Waals surface area contributed by atoms with Crippen molar-refractivity contribution in [1.29, 1.82) is 0 Å². The number of aromatic hydroxyl groups is 1. The summed E-state index contributed by atoms with van der Waals surface area (Å²) in [5.41, 5.74) is 0.0634. The number of benzene rings is 1. The Morgan fingerprint density at radius 1 is 1.39 bits per heavy atom. The molecule has 1 saturated carbocycles. The lowest BCUT2D eigenvalue weighted by molar-refractivity contribution is 0.0495. The fourth-order valence-corrected chi connectivity index (χ4v) is 1.91. The second kappa shape index (κ2) is 4.19. The third-order valence-electron chi connectivity index (χ3n) is 2.89. The Bertz CT molecular complexity index is 458. The van der Waals surface area contributed by atoms with E-state index in [1.54, 1.807) is 18.2 Å². The van der Waals surface area contributed by atoms with Crippen LogP contribution in [0.3, 0.4) is 0 Å². The van der Waals surface area contributed by atoms with Crippen molar-refractivity contribution in [3.63, 3.8) is 0 Å². The molecule has 4 heteroatoms. The van der Waals surface area contributed by atoms with Crippen molar-refractivity contribution in [2.75, 3.05) is 0 Å². The van der Waals surface area contributed by atoms with Gasteiger partial charge in [-0.2, -0.15) is 0 Å². The fourth-order valence-electron chi connectivity index (χ4n) is 1.91. The number of nitrogens with one attached hydrogen (secondary N) is 1. The van der Waals surface area contributed by atoms with Crippen LogP contribution in [0.4, 0.5) is 4.79 Å². The van der Waals surface area contributed by atoms with Gasteiger partial charge in [0.1, 0.15) is 11.4 Å². The zero-order chi connectivity index (χ0) is 13.4. The molecule has 1 aliphatic rings. The van der Waals surface area contributed by atoms with E-state index in [1.165, 1.54) is 0 Å². The van der Waals surface area contributed by atoms with Gasteiger partial charge in [-0.15, -0.1) is 0 Å². The van der Waals surface area contributed by atoms with Crippen LogP contribution in [0.25, 0.3) is 0 Å². The van der Waals surface area contributed by atoms with Crippen LogP contribution in [0.15, 0.2) is 24.3 Å². The SMILES string of the molecule is CC(C)(C)OC(=O)NC1(c2cccc(O)c2)CC1. The first-order valence-corrected chi connectivity index (χ1v) is 6.11. The Morgan fingerprint density at radius 2 is 2.06 bits per heavy atom. The van der Waals surface area contributed by atoms with E-state index in [4.69, 9.17) is 4.74 Å². The third kappa shape index (κ3) is 2.94. The number of amides is 1. The van der Waals surface area contributed by atoms with Crippen LogP contribution < -0.4 is 5.32 Å². The molecule has 0 aromatic heterocycles. The number of ether oxygens (including phenoxy) is 1. The Morgan fingerprint density at radius 3 is 2.56 bits per heavy atom. The van der Waals surface area contributed by atoms with Crippen molar-refractivity contribution in [2.45, 2.75) is 44.8 Å². The van der Waals surface area contributed by atoms with Crippen LogP contribution in [0.1, 0.15) is 39.2 Å². The highest BCUT2D eigenvalue weighted by molar-refractivity contribution is 5.70. The summed E-state index contributed by atoms with van der Waals surface area (Å²) in [6, 6.07) is 6.99. The molecular formula is C14H19NO3. The fraction of sp³-hybridized carbons (Fsp3) is 0.500. The van der Waals surface area contributed by atoms with Gasteiger partial charge in [0, 0.05) is 0 Å². The standard InChI is InChI=1S/C14H19NO3/c1-13(2,3)18-12(17)15-14(7-8-14)10-5-4-6-11(16)9-10/h4-6,9,16H,7-8H2,1-3H3,(H,15,17). The maximum Gasteiger partial charge on any atom is 0.408 e. The molecule has 98 valence electrons. The Balaban J connectivity index is 2.07. The number of phenols is 1. The van der Waals surface area contributed by atoms with Crippen LogP contribution in [0, 0.1) is 0 Å². The average molecular weight is 249 g/mol. The molecule has 1 amide bonds. The predicted octanol–water partition coefficient (Wildman–Crippen LogP) is 2.91. The molecule has 0 radical (unpaired) electrons. The monoisotopic (exact) mass is 249 g/mol. The topological polar surface area (TPSA) is 58.6 Å². The predicted molar refractivity (Wildman–Crippen MR) is 68.4 cm³/mol. The molecule has 0 saturated heterocycles. The lowest BCUT2D eigenvalue weighted by Crippen LogP contribution is -2.39. The van der Waals surface area contributed by atoms with Crippen LogP contribution >= 0.6 is 0 Å². The van der Waals surface area contributed by atoms with Gasteiger partial charge in [-0.3, -0.25) is 0 Å². The number of alkyl carbamates (subject to hydrolysis) is 1. The van der Waals surface area contributed by atoms with Crippen molar-refractivity contribution in [3.05, 3.63) is 29.8 Å². The molecule has 1 aromatic carbocycles. The summed E-state index contributed by atoms with van der Waals surface area (Å²) in [5.74, 6) is 0.213. The van der Waals surface area contributed by atoms with Crippen LogP contribution in [0.5, 0.6) is 5.75 Å².